The van der Waals surface area contributed by atoms with E-state index in [1.54, 1.807) is 23.0 Å². The first-order valence-electron chi connectivity index (χ1n) is 6.45. The highest BCUT2D eigenvalue weighted by atomic mass is 16.1. The van der Waals surface area contributed by atoms with Gasteiger partial charge in [0.15, 0.2) is 0 Å². The fourth-order valence-electron chi connectivity index (χ4n) is 1.66. The minimum atomic E-state index is -0.0487. The summed E-state index contributed by atoms with van der Waals surface area (Å²) in [5, 5.41) is 7.00. The van der Waals surface area contributed by atoms with Crippen LogP contribution in [0.15, 0.2) is 18.3 Å². The molecule has 4 nitrogen and oxygen atoms in total. The Morgan fingerprint density at radius 3 is 2.72 bits per heavy atom. The summed E-state index contributed by atoms with van der Waals surface area (Å²) in [5.41, 5.74) is 0.917. The summed E-state index contributed by atoms with van der Waals surface area (Å²) in [7, 11) is 1.85. The second kappa shape index (κ2) is 6.99. The van der Waals surface area contributed by atoms with E-state index in [1.807, 2.05) is 20.0 Å². The number of amides is 1. The number of aromatic nitrogens is 2. The van der Waals surface area contributed by atoms with Crippen molar-refractivity contribution in [3.63, 3.8) is 0 Å². The van der Waals surface area contributed by atoms with E-state index >= 15 is 0 Å². The van der Waals surface area contributed by atoms with Crippen molar-refractivity contribution in [1.29, 1.82) is 0 Å². The number of nitrogens with one attached hydrogen (secondary N) is 1. The molecule has 0 aromatic carbocycles. The normalized spacial score (nSPS) is 13.2. The summed E-state index contributed by atoms with van der Waals surface area (Å²) in [6.07, 6.45) is 7.19. The van der Waals surface area contributed by atoms with Gasteiger partial charge >= 0.3 is 0 Å². The lowest BCUT2D eigenvalue weighted by molar-refractivity contribution is -0.117. The highest BCUT2D eigenvalue weighted by molar-refractivity contribution is 5.91. The molecule has 1 N–H and O–H groups in total. The van der Waals surface area contributed by atoms with Crippen LogP contribution in [-0.4, -0.2) is 21.7 Å². The van der Waals surface area contributed by atoms with Gasteiger partial charge in [-0.1, -0.05) is 13.8 Å². The molecule has 1 aromatic rings. The van der Waals surface area contributed by atoms with E-state index in [1.165, 1.54) is 0 Å². The van der Waals surface area contributed by atoms with Crippen LogP contribution in [0.5, 0.6) is 0 Å². The molecule has 0 saturated heterocycles. The molecule has 1 aromatic heterocycles. The maximum atomic E-state index is 11.7. The second-order valence-corrected chi connectivity index (χ2v) is 5.09. The third kappa shape index (κ3) is 5.17. The van der Waals surface area contributed by atoms with Crippen LogP contribution in [0.4, 0.5) is 0 Å². The molecule has 0 fully saturated rings. The molecule has 1 amide bonds. The van der Waals surface area contributed by atoms with Gasteiger partial charge in [-0.05, 0) is 37.8 Å². The number of carbonyl (C=O) groups is 1. The molecule has 0 saturated carbocycles. The quantitative estimate of drug-likeness (QED) is 0.787. The zero-order valence-electron chi connectivity index (χ0n) is 11.7. The summed E-state index contributed by atoms with van der Waals surface area (Å²) in [4.78, 5) is 11.7. The van der Waals surface area contributed by atoms with Gasteiger partial charge in [-0.3, -0.25) is 9.48 Å². The average molecular weight is 249 g/mol. The molecular formula is C14H23N3O. The lowest BCUT2D eigenvalue weighted by Gasteiger charge is -2.13. The van der Waals surface area contributed by atoms with Crippen molar-refractivity contribution in [2.24, 2.45) is 13.0 Å². The van der Waals surface area contributed by atoms with Crippen LogP contribution in [-0.2, 0) is 11.8 Å². The summed E-state index contributed by atoms with van der Waals surface area (Å²) in [6, 6.07) is 2.09. The molecule has 0 radical (unpaired) electrons. The van der Waals surface area contributed by atoms with Crippen LogP contribution in [0.25, 0.3) is 6.08 Å². The van der Waals surface area contributed by atoms with Crippen molar-refractivity contribution < 1.29 is 4.79 Å². The zero-order valence-corrected chi connectivity index (χ0v) is 11.7. The number of hydrogen-bond acceptors (Lipinski definition) is 2. The molecule has 0 aliphatic rings. The number of carbonyl (C=O) groups excluding carboxylic acids is 1. The van der Waals surface area contributed by atoms with E-state index in [-0.39, 0.29) is 11.9 Å². The van der Waals surface area contributed by atoms with Crippen LogP contribution in [0.1, 0.15) is 39.3 Å². The van der Waals surface area contributed by atoms with Crippen molar-refractivity contribution >= 4 is 12.0 Å². The highest BCUT2D eigenvalue weighted by Crippen LogP contribution is 2.06. The van der Waals surface area contributed by atoms with E-state index in [9.17, 15) is 4.79 Å². The number of rotatable bonds is 6. The zero-order chi connectivity index (χ0) is 13.5. The Morgan fingerprint density at radius 1 is 1.44 bits per heavy atom. The predicted molar refractivity (Wildman–Crippen MR) is 73.9 cm³/mol. The summed E-state index contributed by atoms with van der Waals surface area (Å²) in [6.45, 7) is 6.42. The molecule has 0 spiro atoms. The van der Waals surface area contributed by atoms with E-state index in [4.69, 9.17) is 0 Å². The second-order valence-electron chi connectivity index (χ2n) is 5.09. The smallest absolute Gasteiger partial charge is 0.244 e. The monoisotopic (exact) mass is 249 g/mol. The fourth-order valence-corrected chi connectivity index (χ4v) is 1.66. The van der Waals surface area contributed by atoms with E-state index in [0.29, 0.717) is 5.92 Å². The Balaban J connectivity index is 2.37. The molecule has 4 heteroatoms. The van der Waals surface area contributed by atoms with Gasteiger partial charge in [0.1, 0.15) is 0 Å². The lowest BCUT2D eigenvalue weighted by atomic mass is 10.0. The van der Waals surface area contributed by atoms with Gasteiger partial charge in [-0.2, -0.15) is 5.10 Å². The minimum Gasteiger partial charge on any atom is -0.350 e. The van der Waals surface area contributed by atoms with Crippen molar-refractivity contribution in [2.45, 2.75) is 39.7 Å². The maximum Gasteiger partial charge on any atom is 0.244 e. The van der Waals surface area contributed by atoms with Crippen molar-refractivity contribution in [2.75, 3.05) is 0 Å². The Morgan fingerprint density at radius 2 is 2.17 bits per heavy atom. The fraction of sp³-hybridized carbons (Fsp3) is 0.571. The molecule has 1 rings (SSSR count). The van der Waals surface area contributed by atoms with Gasteiger partial charge in [0.05, 0.1) is 5.69 Å². The van der Waals surface area contributed by atoms with Crippen LogP contribution >= 0.6 is 0 Å². The molecule has 100 valence electrons. The molecule has 18 heavy (non-hydrogen) atoms. The predicted octanol–water partition coefficient (Wildman–Crippen LogP) is 2.37. The highest BCUT2D eigenvalue weighted by Gasteiger charge is 2.05. The van der Waals surface area contributed by atoms with Gasteiger partial charge in [-0.25, -0.2) is 0 Å². The van der Waals surface area contributed by atoms with Crippen molar-refractivity contribution in [3.8, 4) is 0 Å². The molecular weight excluding hydrogens is 226 g/mol. The third-order valence-electron chi connectivity index (χ3n) is 2.83. The van der Waals surface area contributed by atoms with Crippen LogP contribution in [0.3, 0.4) is 0 Å². The van der Waals surface area contributed by atoms with Gasteiger partial charge < -0.3 is 5.32 Å². The summed E-state index contributed by atoms with van der Waals surface area (Å²) >= 11 is 0. The largest absolute Gasteiger partial charge is 0.350 e. The van der Waals surface area contributed by atoms with E-state index in [2.05, 4.69) is 24.3 Å². The topological polar surface area (TPSA) is 46.9 Å². The molecule has 0 bridgehead atoms. The average Bonchev–Trinajstić information content (AvgIpc) is 2.69. The minimum absolute atomic E-state index is 0.0487. The summed E-state index contributed by atoms with van der Waals surface area (Å²) < 4.78 is 1.73. The Hall–Kier alpha value is -1.58. The van der Waals surface area contributed by atoms with Crippen LogP contribution in [0.2, 0.25) is 0 Å². The molecule has 0 aliphatic heterocycles. The number of hydrogen-bond donors (Lipinski definition) is 1. The standard InChI is InChI=1S/C14H23N3O/c1-11(2)5-6-12(3)16-14(18)8-7-13-9-10-15-17(13)4/h7-12H,5-6H2,1-4H3,(H,16,18)/b8-7+. The van der Waals surface area contributed by atoms with Crippen LogP contribution < -0.4 is 5.32 Å². The van der Waals surface area contributed by atoms with Gasteiger partial charge in [0.25, 0.3) is 0 Å². The van der Waals surface area contributed by atoms with Gasteiger partial charge in [0.2, 0.25) is 5.91 Å². The molecule has 0 aliphatic carbocycles. The van der Waals surface area contributed by atoms with E-state index in [0.717, 1.165) is 18.5 Å². The Kier molecular flexibility index (Phi) is 5.62. The Labute approximate surface area is 109 Å². The number of nitrogens with zero attached hydrogens (tertiary/aromatic N) is 2. The molecule has 1 heterocycles. The first kappa shape index (κ1) is 14.5. The third-order valence-corrected chi connectivity index (χ3v) is 2.83. The van der Waals surface area contributed by atoms with E-state index < -0.39 is 0 Å². The summed E-state index contributed by atoms with van der Waals surface area (Å²) in [5.74, 6) is 0.627. The maximum absolute atomic E-state index is 11.7. The number of aryl methyl sites for hydroxylation is 1. The van der Waals surface area contributed by atoms with Crippen molar-refractivity contribution in [3.05, 3.63) is 24.0 Å². The van der Waals surface area contributed by atoms with Gasteiger partial charge in [0, 0.05) is 25.4 Å². The first-order valence-corrected chi connectivity index (χ1v) is 6.45. The SMILES string of the molecule is CC(C)CCC(C)NC(=O)/C=C/c1ccnn1C. The first-order chi connectivity index (χ1) is 8.49. The van der Waals surface area contributed by atoms with Crippen molar-refractivity contribution in [1.82, 2.24) is 15.1 Å². The van der Waals surface area contributed by atoms with Gasteiger partial charge in [-0.15, -0.1) is 0 Å². The molecule has 1 unspecified atom stereocenters. The van der Waals surface area contributed by atoms with Crippen LogP contribution in [0, 0.1) is 5.92 Å². The lowest BCUT2D eigenvalue weighted by Crippen LogP contribution is -2.31. The molecule has 1 atom stereocenters. The Bertz CT molecular complexity index is 407.